The van der Waals surface area contributed by atoms with Crippen LogP contribution < -0.4 is 22.8 Å². The summed E-state index contributed by atoms with van der Waals surface area (Å²) in [4.78, 5) is 95.4. The molecule has 2 aliphatic heterocycles. The first-order chi connectivity index (χ1) is 40.8. The van der Waals surface area contributed by atoms with Gasteiger partial charge in [0.1, 0.15) is 46.8 Å². The molecule has 0 N–H and O–H groups in total. The number of carbonyl (C=O) groups excluding carboxylic acids is 7. The number of hydrogen-bond donors (Lipinski definition) is 0. The van der Waals surface area contributed by atoms with E-state index in [0.717, 1.165) is 13.1 Å². The van der Waals surface area contributed by atoms with Gasteiger partial charge in [-0.1, -0.05) is 84.2 Å². The number of esters is 7. The Bertz CT molecular complexity index is 2500. The molecule has 5 aromatic heterocycles. The zero-order valence-corrected chi connectivity index (χ0v) is 54.5. The molecule has 26 heteroatoms. The lowest BCUT2D eigenvalue weighted by atomic mass is 10.3. The van der Waals surface area contributed by atoms with Crippen molar-refractivity contribution in [2.75, 3.05) is 77.0 Å². The summed E-state index contributed by atoms with van der Waals surface area (Å²) in [5.41, 5.74) is 2.73. The molecule has 5 aromatic rings. The summed E-state index contributed by atoms with van der Waals surface area (Å²) in [6.07, 6.45) is 23.1. The van der Waals surface area contributed by atoms with Gasteiger partial charge in [0.15, 0.2) is 25.5 Å². The van der Waals surface area contributed by atoms with Gasteiger partial charge in [-0.3, -0.25) is 4.98 Å². The zero-order valence-electron chi connectivity index (χ0n) is 54.5. The fourth-order valence-electron chi connectivity index (χ4n) is 5.45. The summed E-state index contributed by atoms with van der Waals surface area (Å²) in [5, 5.41) is 0. The molecule has 0 amide bonds. The Labute approximate surface area is 502 Å². The van der Waals surface area contributed by atoms with Gasteiger partial charge in [-0.05, 0) is 23.2 Å². The Balaban J connectivity index is -0.000000285. The number of ether oxygens (including phenoxy) is 7. The fraction of sp³-hybridized carbons (Fsp3) is 0.441. The number of pyridine rings is 1. The van der Waals surface area contributed by atoms with Crippen molar-refractivity contribution in [2.24, 2.45) is 35.2 Å². The molecule has 26 nitrogen and oxygen atoms in total. The molecule has 0 unspecified atom stereocenters. The average molecular weight is 1200 g/mol. The van der Waals surface area contributed by atoms with Crippen LogP contribution in [0.25, 0.3) is 0 Å². The number of aromatic nitrogens is 10. The van der Waals surface area contributed by atoms with E-state index in [1.165, 1.54) is 73.2 Å². The van der Waals surface area contributed by atoms with Gasteiger partial charge in [0, 0.05) is 36.4 Å². The minimum Gasteiger partial charge on any atom is -0.463 e. The third-order valence-electron chi connectivity index (χ3n) is 9.53. The molecular weight excluding hydrogens is 1100 g/mol. The van der Waals surface area contributed by atoms with E-state index >= 15 is 0 Å². The van der Waals surface area contributed by atoms with Crippen LogP contribution in [0, 0.1) is 0 Å². The monoisotopic (exact) mass is 1200 g/mol. The molecule has 7 heterocycles. The largest absolute Gasteiger partial charge is 0.463 e. The summed E-state index contributed by atoms with van der Waals surface area (Å²) in [6, 6.07) is 8.71. The number of rotatable bonds is 7. The van der Waals surface area contributed by atoms with Gasteiger partial charge < -0.3 is 33.2 Å². The summed E-state index contributed by atoms with van der Waals surface area (Å²) in [5.74, 6) is -1.92. The van der Waals surface area contributed by atoms with Gasteiger partial charge in [0.2, 0.25) is 12.0 Å². The maximum atomic E-state index is 11.0. The van der Waals surface area contributed by atoms with Crippen LogP contribution in [-0.2, 0) is 78.0 Å². The first kappa shape index (κ1) is 84.3. The molecule has 0 radical (unpaired) electrons. The van der Waals surface area contributed by atoms with Crippen molar-refractivity contribution < 1.29 is 98.7 Å². The highest BCUT2D eigenvalue weighted by Gasteiger charge is 2.23. The maximum absolute atomic E-state index is 11.0. The minimum atomic E-state index is -0.463. The van der Waals surface area contributed by atoms with Crippen molar-refractivity contribution in [3.63, 3.8) is 0 Å². The number of nitrogens with zero attached hydrogens (tertiary/aromatic N) is 12. The first-order valence-corrected chi connectivity index (χ1v) is 26.9. The second-order valence-electron chi connectivity index (χ2n) is 14.6. The highest BCUT2D eigenvalue weighted by Crippen LogP contribution is 1.96. The van der Waals surface area contributed by atoms with Gasteiger partial charge in [-0.15, -0.1) is 0 Å². The van der Waals surface area contributed by atoms with Crippen LogP contribution in [0.5, 0.6) is 0 Å². The van der Waals surface area contributed by atoms with Crippen LogP contribution in [0.2, 0.25) is 0 Å². The molecule has 0 atom stereocenters. The van der Waals surface area contributed by atoms with Crippen LogP contribution in [0.1, 0.15) is 122 Å². The molecule has 2 aliphatic rings. The topological polar surface area (TPSA) is 274 Å². The lowest BCUT2D eigenvalue weighted by Gasteiger charge is -1.96. The molecule has 7 rings (SSSR count). The van der Waals surface area contributed by atoms with Crippen LogP contribution in [0.15, 0.2) is 117 Å². The van der Waals surface area contributed by atoms with Crippen LogP contribution in [-0.4, -0.2) is 164 Å². The second-order valence-corrected chi connectivity index (χ2v) is 14.6. The Morgan fingerprint density at radius 3 is 1.15 bits per heavy atom. The summed E-state index contributed by atoms with van der Waals surface area (Å²) >= 11 is 0. The SMILES string of the molecule is CC.CC.CC.CC.CC.COC(=O)C1=[N+](C)CC=C1.COC(=O)C1=[N+](C)CC=C1.COC(=O)c1cccc[n+]1C.COC(=O)c1ccnc[n+]1C.COC(=O)c1cncc[n+]1C.COC(=O)c1nccc[n+]1C.COC(=O)c1ncnc[n+]1C. The van der Waals surface area contributed by atoms with Gasteiger partial charge in [-0.2, -0.15) is 9.13 Å². The van der Waals surface area contributed by atoms with E-state index in [2.05, 4.69) is 58.1 Å². The van der Waals surface area contributed by atoms with Crippen molar-refractivity contribution >= 4 is 53.2 Å². The standard InChI is InChI=1S/C8H10NO2.3C7H9N2O2.2C7H10NO2.C6H8N3O2.5C2H6/c1-9-6-4-3-5-7(9)8(10)11-2;1-9-4-3-8-5-6(9)7(10)11-2;1-9-5-8-4-3-6(9)7(10)11-2;1-9-5-3-4-8-6(9)7(10)11-2;2*1-8-5-3-4-6(8)7(9)10-2;1-9-4-7-3-8-5(9)6(10)11-2;5*1-2/h3-6H,1-2H3;3*3-5H,1-2H3;2*3-4H,5H2,1-2H3;3-4H,1-2H3;5*1-2H3/q7*+1;;;;;. The molecule has 0 aliphatic carbocycles. The Kier molecular flexibility index (Phi) is 53.4. The average Bonchev–Trinajstić information content (AvgIpc) is 4.25. The number of hydrogen-bond acceptors (Lipinski definition) is 19. The van der Waals surface area contributed by atoms with Gasteiger partial charge in [0.25, 0.3) is 29.8 Å². The van der Waals surface area contributed by atoms with E-state index in [9.17, 15) is 33.6 Å². The van der Waals surface area contributed by atoms with Crippen molar-refractivity contribution in [3.05, 3.63) is 146 Å². The highest BCUT2D eigenvalue weighted by atomic mass is 16.5. The van der Waals surface area contributed by atoms with E-state index < -0.39 is 11.9 Å². The molecule has 0 spiro atoms. The second kappa shape index (κ2) is 53.8. The van der Waals surface area contributed by atoms with E-state index in [1.807, 2.05) is 111 Å². The number of carbonyl (C=O) groups is 7. The third-order valence-corrected chi connectivity index (χ3v) is 9.53. The molecule has 0 fully saturated rings. The molecule has 85 heavy (non-hydrogen) atoms. The molecule has 0 saturated carbocycles. The lowest BCUT2D eigenvalue weighted by molar-refractivity contribution is -0.680. The Morgan fingerprint density at radius 2 is 0.776 bits per heavy atom. The van der Waals surface area contributed by atoms with Gasteiger partial charge in [-0.25, -0.2) is 56.4 Å². The zero-order chi connectivity index (χ0) is 66.5. The van der Waals surface area contributed by atoms with Crippen molar-refractivity contribution in [1.29, 1.82) is 0 Å². The van der Waals surface area contributed by atoms with Crippen molar-refractivity contribution in [2.45, 2.75) is 69.2 Å². The Morgan fingerprint density at radius 1 is 0.376 bits per heavy atom. The molecule has 0 aromatic carbocycles. The Hall–Kier alpha value is -9.49. The van der Waals surface area contributed by atoms with Gasteiger partial charge >= 0.3 is 59.1 Å². The van der Waals surface area contributed by atoms with E-state index in [-0.39, 0.29) is 35.7 Å². The summed E-state index contributed by atoms with van der Waals surface area (Å²) in [7, 11) is 21.9. The van der Waals surface area contributed by atoms with Crippen LogP contribution in [0.4, 0.5) is 0 Å². The summed E-state index contributed by atoms with van der Waals surface area (Å²) < 4.78 is 43.4. The van der Waals surface area contributed by atoms with Crippen LogP contribution in [0.3, 0.4) is 0 Å². The minimum absolute atomic E-state index is 0.238. The third kappa shape index (κ3) is 33.9. The number of likely N-dealkylation sites (N-methyl/N-ethyl adjacent to an activating group) is 2. The number of aryl methyl sites for hydroxylation is 5. The quantitative estimate of drug-likeness (QED) is 0.129. The van der Waals surface area contributed by atoms with E-state index in [1.54, 1.807) is 133 Å². The molecule has 468 valence electrons. The number of methoxy groups -OCH3 is 7. The molecule has 0 bridgehead atoms. The predicted molar refractivity (Wildman–Crippen MR) is 315 cm³/mol. The van der Waals surface area contributed by atoms with Gasteiger partial charge in [0.05, 0.1) is 83.3 Å². The van der Waals surface area contributed by atoms with Crippen molar-refractivity contribution in [3.8, 4) is 0 Å². The maximum Gasteiger partial charge on any atom is 0.425 e. The molecular formula is C59H95N12O14+7. The van der Waals surface area contributed by atoms with E-state index in [0.29, 0.717) is 34.3 Å². The summed E-state index contributed by atoms with van der Waals surface area (Å²) in [6.45, 7) is 21.6. The first-order valence-electron chi connectivity index (χ1n) is 26.9. The molecule has 0 saturated heterocycles. The van der Waals surface area contributed by atoms with Crippen LogP contribution >= 0.6 is 0 Å². The van der Waals surface area contributed by atoms with Crippen molar-refractivity contribution in [1.82, 2.24) is 24.9 Å². The highest BCUT2D eigenvalue weighted by molar-refractivity contribution is 6.39. The lowest BCUT2D eigenvalue weighted by Crippen LogP contribution is -2.38. The normalized spacial score (nSPS) is 10.2. The smallest absolute Gasteiger partial charge is 0.425 e. The van der Waals surface area contributed by atoms with E-state index in [4.69, 9.17) is 0 Å². The predicted octanol–water partition coefficient (Wildman–Crippen LogP) is 3.22. The fourth-order valence-corrected chi connectivity index (χ4v) is 5.45.